The van der Waals surface area contributed by atoms with E-state index in [0.29, 0.717) is 11.3 Å². The predicted molar refractivity (Wildman–Crippen MR) is 97.1 cm³/mol. The van der Waals surface area contributed by atoms with Crippen LogP contribution in [-0.2, 0) is 4.79 Å². The number of nitrogens with zero attached hydrogens (tertiary/aromatic N) is 3. The van der Waals surface area contributed by atoms with Gasteiger partial charge in [0.1, 0.15) is 11.6 Å². The van der Waals surface area contributed by atoms with Crippen LogP contribution in [0.15, 0.2) is 66.4 Å². The number of hydrogen-bond donors (Lipinski definition) is 1. The molecule has 126 valence electrons. The van der Waals surface area contributed by atoms with Crippen molar-refractivity contribution >= 4 is 34.3 Å². The molecule has 0 spiro atoms. The molecule has 1 N–H and O–H groups in total. The topological polar surface area (TPSA) is 109 Å². The van der Waals surface area contributed by atoms with Gasteiger partial charge in [-0.1, -0.05) is 6.07 Å². The Bertz CT molecular complexity index is 1060. The molecule has 0 atom stereocenters. The van der Waals surface area contributed by atoms with Gasteiger partial charge in [0, 0.05) is 23.7 Å². The predicted octanol–water partition coefficient (Wildman–Crippen LogP) is 3.69. The maximum absolute atomic E-state index is 12.4. The molecular weight excluding hydrogens is 332 g/mol. The summed E-state index contributed by atoms with van der Waals surface area (Å²) in [5, 5.41) is 23.4. The second-order valence-corrected chi connectivity index (χ2v) is 5.35. The maximum Gasteiger partial charge on any atom is 0.269 e. The van der Waals surface area contributed by atoms with Gasteiger partial charge >= 0.3 is 0 Å². The van der Waals surface area contributed by atoms with Crippen molar-refractivity contribution in [3.05, 3.63) is 82.0 Å². The number of carbonyl (C=O) groups is 1. The van der Waals surface area contributed by atoms with E-state index in [4.69, 9.17) is 0 Å². The molecule has 3 aromatic rings. The number of nitrogens with one attached hydrogen (secondary N) is 1. The molecule has 2 aromatic carbocycles. The van der Waals surface area contributed by atoms with Crippen LogP contribution < -0.4 is 5.32 Å². The molecule has 0 bridgehead atoms. The lowest BCUT2D eigenvalue weighted by Gasteiger charge is -2.07. The highest BCUT2D eigenvalue weighted by molar-refractivity contribution is 6.12. The molecule has 0 aliphatic carbocycles. The molecule has 0 saturated heterocycles. The quantitative estimate of drug-likeness (QED) is 0.336. The van der Waals surface area contributed by atoms with E-state index in [2.05, 4.69) is 10.3 Å². The van der Waals surface area contributed by atoms with Crippen LogP contribution >= 0.6 is 0 Å². The van der Waals surface area contributed by atoms with Crippen LogP contribution in [0.1, 0.15) is 5.56 Å². The van der Waals surface area contributed by atoms with E-state index in [0.717, 1.165) is 10.9 Å². The molecule has 0 saturated carbocycles. The zero-order valence-electron chi connectivity index (χ0n) is 13.4. The number of amides is 1. The van der Waals surface area contributed by atoms with Crippen molar-refractivity contribution in [3.8, 4) is 6.07 Å². The van der Waals surface area contributed by atoms with Crippen molar-refractivity contribution < 1.29 is 9.72 Å². The van der Waals surface area contributed by atoms with Crippen molar-refractivity contribution in [2.75, 3.05) is 5.32 Å². The summed E-state index contributed by atoms with van der Waals surface area (Å²) in [7, 11) is 0. The highest BCUT2D eigenvalue weighted by Gasteiger charge is 2.12. The molecule has 1 aromatic heterocycles. The Morgan fingerprint density at radius 2 is 1.92 bits per heavy atom. The first-order valence-corrected chi connectivity index (χ1v) is 7.60. The number of nitro benzene ring substituents is 1. The number of fused-ring (bicyclic) bond motifs is 1. The highest BCUT2D eigenvalue weighted by Crippen LogP contribution is 2.22. The first-order valence-electron chi connectivity index (χ1n) is 7.60. The minimum absolute atomic E-state index is 0.0617. The molecule has 0 unspecified atom stereocenters. The molecule has 0 aliphatic heterocycles. The molecule has 1 heterocycles. The minimum atomic E-state index is -0.567. The number of benzene rings is 2. The van der Waals surface area contributed by atoms with Crippen molar-refractivity contribution in [2.45, 2.75) is 0 Å². The summed E-state index contributed by atoms with van der Waals surface area (Å²) in [6.45, 7) is 0. The molecule has 7 nitrogen and oxygen atoms in total. The highest BCUT2D eigenvalue weighted by atomic mass is 16.6. The summed E-state index contributed by atoms with van der Waals surface area (Å²) < 4.78 is 0. The third-order valence-corrected chi connectivity index (χ3v) is 3.67. The molecule has 3 rings (SSSR count). The van der Waals surface area contributed by atoms with Crippen LogP contribution in [0.25, 0.3) is 17.0 Å². The number of non-ortho nitro benzene ring substituents is 1. The van der Waals surface area contributed by atoms with Crippen molar-refractivity contribution in [1.29, 1.82) is 5.26 Å². The van der Waals surface area contributed by atoms with Crippen LogP contribution in [0.3, 0.4) is 0 Å². The first kappa shape index (κ1) is 16.8. The second kappa shape index (κ2) is 7.23. The Morgan fingerprint density at radius 1 is 1.15 bits per heavy atom. The van der Waals surface area contributed by atoms with Gasteiger partial charge in [0.15, 0.2) is 0 Å². The summed E-state index contributed by atoms with van der Waals surface area (Å²) in [6.07, 6.45) is 3.03. The third kappa shape index (κ3) is 3.55. The zero-order valence-corrected chi connectivity index (χ0v) is 13.4. The average Bonchev–Trinajstić information content (AvgIpc) is 2.66. The Hall–Kier alpha value is -4.05. The molecule has 1 amide bonds. The van der Waals surface area contributed by atoms with E-state index in [1.165, 1.54) is 30.3 Å². The summed E-state index contributed by atoms with van der Waals surface area (Å²) in [5.41, 5.74) is 1.61. The fourth-order valence-electron chi connectivity index (χ4n) is 2.41. The number of nitriles is 1. The van der Waals surface area contributed by atoms with Crippen LogP contribution in [0.5, 0.6) is 0 Å². The Balaban J connectivity index is 1.87. The van der Waals surface area contributed by atoms with Crippen molar-refractivity contribution in [3.63, 3.8) is 0 Å². The van der Waals surface area contributed by atoms with Gasteiger partial charge in [-0.15, -0.1) is 0 Å². The van der Waals surface area contributed by atoms with Gasteiger partial charge in [-0.05, 0) is 48.0 Å². The number of rotatable bonds is 4. The third-order valence-electron chi connectivity index (χ3n) is 3.67. The van der Waals surface area contributed by atoms with Crippen LogP contribution in [0.4, 0.5) is 11.4 Å². The number of anilines is 1. The number of aromatic nitrogens is 1. The van der Waals surface area contributed by atoms with E-state index in [1.54, 1.807) is 24.4 Å². The molecule has 26 heavy (non-hydrogen) atoms. The van der Waals surface area contributed by atoms with Crippen LogP contribution in [-0.4, -0.2) is 15.8 Å². The van der Waals surface area contributed by atoms with Gasteiger partial charge < -0.3 is 5.32 Å². The Kier molecular flexibility index (Phi) is 4.67. The van der Waals surface area contributed by atoms with Gasteiger partial charge in [0.2, 0.25) is 0 Å². The van der Waals surface area contributed by atoms with Gasteiger partial charge in [-0.2, -0.15) is 5.26 Å². The molecule has 7 heteroatoms. The normalized spacial score (nSPS) is 11.0. The summed E-state index contributed by atoms with van der Waals surface area (Å²) in [5.74, 6) is -0.567. The summed E-state index contributed by atoms with van der Waals surface area (Å²) >= 11 is 0. The number of carbonyl (C=O) groups excluding carboxylic acids is 1. The molecule has 0 aliphatic rings. The Morgan fingerprint density at radius 3 is 2.62 bits per heavy atom. The summed E-state index contributed by atoms with van der Waals surface area (Å²) in [4.78, 5) is 26.8. The van der Waals surface area contributed by atoms with E-state index in [-0.39, 0.29) is 11.3 Å². The molecule has 0 radical (unpaired) electrons. The van der Waals surface area contributed by atoms with E-state index >= 15 is 0 Å². The minimum Gasteiger partial charge on any atom is -0.321 e. The first-order chi connectivity index (χ1) is 12.6. The number of hydrogen-bond acceptors (Lipinski definition) is 5. The van der Waals surface area contributed by atoms with Gasteiger partial charge in [-0.25, -0.2) is 0 Å². The van der Waals surface area contributed by atoms with Crippen LogP contribution in [0, 0.1) is 21.4 Å². The number of nitro groups is 1. The molecule has 0 fully saturated rings. The fourth-order valence-corrected chi connectivity index (χ4v) is 2.41. The van der Waals surface area contributed by atoms with E-state index in [9.17, 15) is 20.2 Å². The van der Waals surface area contributed by atoms with Crippen molar-refractivity contribution in [1.82, 2.24) is 4.98 Å². The van der Waals surface area contributed by atoms with Crippen LogP contribution in [0.2, 0.25) is 0 Å². The van der Waals surface area contributed by atoms with Gasteiger partial charge in [0.05, 0.1) is 16.1 Å². The maximum atomic E-state index is 12.4. The van der Waals surface area contributed by atoms with Crippen molar-refractivity contribution in [2.24, 2.45) is 0 Å². The van der Waals surface area contributed by atoms with E-state index < -0.39 is 10.8 Å². The lowest BCUT2D eigenvalue weighted by Crippen LogP contribution is -2.13. The SMILES string of the molecule is N#CC(=Cc1ccc([N+](=O)[O-])cc1)C(=O)Nc1cccc2ncccc12. The monoisotopic (exact) mass is 344 g/mol. The van der Waals surface area contributed by atoms with Gasteiger partial charge in [0.25, 0.3) is 11.6 Å². The van der Waals surface area contributed by atoms with E-state index in [1.807, 2.05) is 18.2 Å². The standard InChI is InChI=1S/C19H12N4O3/c20-12-14(11-13-6-8-15(9-7-13)23(25)26)19(24)22-18-5-1-4-17-16(18)3-2-10-21-17/h1-11H,(H,22,24). The van der Waals surface area contributed by atoms with Gasteiger partial charge in [-0.3, -0.25) is 19.9 Å². The number of pyridine rings is 1. The largest absolute Gasteiger partial charge is 0.321 e. The average molecular weight is 344 g/mol. The Labute approximate surface area is 148 Å². The fraction of sp³-hybridized carbons (Fsp3) is 0. The lowest BCUT2D eigenvalue weighted by atomic mass is 10.1. The second-order valence-electron chi connectivity index (χ2n) is 5.35. The zero-order chi connectivity index (χ0) is 18.5. The molecular formula is C19H12N4O3. The summed E-state index contributed by atoms with van der Waals surface area (Å²) in [6, 6.07) is 16.3. The smallest absolute Gasteiger partial charge is 0.269 e. The lowest BCUT2D eigenvalue weighted by molar-refractivity contribution is -0.384.